The lowest BCUT2D eigenvalue weighted by molar-refractivity contribution is -0.383. The third-order valence-electron chi connectivity index (χ3n) is 5.43. The monoisotopic (exact) mass is 365 g/mol. The Balaban J connectivity index is 2.01. The highest BCUT2D eigenvalue weighted by Gasteiger charge is 2.20. The molecule has 0 aliphatic heterocycles. The van der Waals surface area contributed by atoms with Crippen LogP contribution in [-0.4, -0.2) is 14.3 Å². The number of hydrogen-bond donors (Lipinski definition) is 0. The molecule has 0 saturated carbocycles. The van der Waals surface area contributed by atoms with E-state index in [2.05, 4.69) is 0 Å². The van der Waals surface area contributed by atoms with Gasteiger partial charge in [0, 0.05) is 27.6 Å². The van der Waals surface area contributed by atoms with E-state index in [1.54, 1.807) is 28.7 Å². The van der Waals surface area contributed by atoms with Gasteiger partial charge >= 0.3 is 0 Å². The maximum absolute atomic E-state index is 13.4. The molecular weight excluding hydrogens is 354 g/mol. The van der Waals surface area contributed by atoms with Crippen molar-refractivity contribution in [1.29, 1.82) is 0 Å². The number of fused-ring (bicyclic) bond motifs is 3. The summed E-state index contributed by atoms with van der Waals surface area (Å²) in [5.74, 6) is 0. The zero-order valence-corrected chi connectivity index (χ0v) is 14.4. The smallest absolute Gasteiger partial charge is 0.268 e. The lowest BCUT2D eigenvalue weighted by Crippen LogP contribution is -2.16. The van der Waals surface area contributed by atoms with Gasteiger partial charge in [-0.2, -0.15) is 0 Å². The van der Waals surface area contributed by atoms with Gasteiger partial charge in [0.1, 0.15) is 5.65 Å². The molecule has 0 N–H and O–H groups in total. The van der Waals surface area contributed by atoms with Crippen molar-refractivity contribution in [3.63, 3.8) is 0 Å². The van der Waals surface area contributed by atoms with Crippen LogP contribution in [0.5, 0.6) is 0 Å². The second-order valence-corrected chi connectivity index (χ2v) is 6.85. The van der Waals surface area contributed by atoms with Crippen molar-refractivity contribution < 1.29 is 4.92 Å². The summed E-state index contributed by atoms with van der Waals surface area (Å²) < 4.78 is 1.62. The molecule has 2 heterocycles. The number of nitro benzene ring substituents is 1. The highest BCUT2D eigenvalue weighted by molar-refractivity contribution is 6.19. The molecule has 0 radical (unpaired) electrons. The molecule has 0 aliphatic carbocycles. The third kappa shape index (κ3) is 1.71. The minimum absolute atomic E-state index is 0.0132. The van der Waals surface area contributed by atoms with Gasteiger partial charge in [0.05, 0.1) is 21.3 Å². The van der Waals surface area contributed by atoms with E-state index in [4.69, 9.17) is 4.98 Å². The molecule has 6 rings (SSSR count). The molecule has 0 amide bonds. The van der Waals surface area contributed by atoms with Crippen LogP contribution in [0.15, 0.2) is 71.5 Å². The summed E-state index contributed by atoms with van der Waals surface area (Å²) in [6.07, 6.45) is 0. The number of hydrogen-bond acceptors (Lipinski definition) is 4. The first-order valence-electron chi connectivity index (χ1n) is 8.80. The topological polar surface area (TPSA) is 77.5 Å². The third-order valence-corrected chi connectivity index (χ3v) is 5.43. The number of nitro groups is 1. The zero-order chi connectivity index (χ0) is 19.0. The van der Waals surface area contributed by atoms with E-state index in [1.165, 1.54) is 6.07 Å². The lowest BCUT2D eigenvalue weighted by atomic mass is 10.00. The minimum Gasteiger partial charge on any atom is -0.268 e. The molecule has 132 valence electrons. The molecule has 0 fully saturated rings. The van der Waals surface area contributed by atoms with E-state index in [0.29, 0.717) is 21.8 Å². The van der Waals surface area contributed by atoms with Gasteiger partial charge in [0.2, 0.25) is 0 Å². The molecule has 0 spiro atoms. The predicted octanol–water partition coefficient (Wildman–Crippen LogP) is 4.65. The Morgan fingerprint density at radius 1 is 0.821 bits per heavy atom. The minimum atomic E-state index is -0.418. The summed E-state index contributed by atoms with van der Waals surface area (Å²) >= 11 is 0. The molecule has 28 heavy (non-hydrogen) atoms. The van der Waals surface area contributed by atoms with Crippen LogP contribution in [0.2, 0.25) is 0 Å². The van der Waals surface area contributed by atoms with E-state index in [1.807, 2.05) is 36.4 Å². The van der Waals surface area contributed by atoms with Gasteiger partial charge in [-0.05, 0) is 35.7 Å². The van der Waals surface area contributed by atoms with Gasteiger partial charge in [-0.15, -0.1) is 0 Å². The van der Waals surface area contributed by atoms with Crippen LogP contribution in [0.1, 0.15) is 0 Å². The molecule has 6 heteroatoms. The fourth-order valence-electron chi connectivity index (χ4n) is 4.28. The van der Waals surface area contributed by atoms with Gasteiger partial charge in [0.15, 0.2) is 0 Å². The van der Waals surface area contributed by atoms with E-state index < -0.39 is 4.92 Å². The van der Waals surface area contributed by atoms with Crippen molar-refractivity contribution >= 4 is 54.7 Å². The summed E-state index contributed by atoms with van der Waals surface area (Å²) in [7, 11) is 0. The van der Waals surface area contributed by atoms with Crippen LogP contribution in [0.4, 0.5) is 5.69 Å². The second-order valence-electron chi connectivity index (χ2n) is 6.85. The van der Waals surface area contributed by atoms with Crippen molar-refractivity contribution in [2.24, 2.45) is 0 Å². The first-order chi connectivity index (χ1) is 13.6. The van der Waals surface area contributed by atoms with Crippen LogP contribution in [0.3, 0.4) is 0 Å². The summed E-state index contributed by atoms with van der Waals surface area (Å²) in [5, 5.41) is 15.6. The largest absolute Gasteiger partial charge is 0.277 e. The fourth-order valence-corrected chi connectivity index (χ4v) is 4.28. The van der Waals surface area contributed by atoms with E-state index in [0.717, 1.165) is 27.2 Å². The van der Waals surface area contributed by atoms with Crippen molar-refractivity contribution in [2.75, 3.05) is 0 Å². The zero-order valence-electron chi connectivity index (χ0n) is 14.4. The number of rotatable bonds is 1. The molecule has 0 atom stereocenters. The number of pyridine rings is 1. The number of nitrogens with zero attached hydrogens (tertiary/aromatic N) is 3. The first-order valence-corrected chi connectivity index (χ1v) is 8.80. The SMILES string of the molecule is O=c1c2cccc3c([N+](=O)[O-])ccc(c32)c2nc3cccc4cccc(c43)n12. The molecule has 4 aromatic carbocycles. The Morgan fingerprint density at radius 2 is 1.57 bits per heavy atom. The second kappa shape index (κ2) is 5.01. The molecule has 0 aliphatic rings. The van der Waals surface area contributed by atoms with E-state index in [9.17, 15) is 14.9 Å². The van der Waals surface area contributed by atoms with Crippen LogP contribution in [0, 0.1) is 10.1 Å². The maximum Gasteiger partial charge on any atom is 0.277 e. The molecule has 6 aromatic rings. The number of aromatic nitrogens is 2. The molecule has 0 unspecified atom stereocenters. The highest BCUT2D eigenvalue weighted by atomic mass is 16.6. The normalized spacial score (nSPS) is 12.0. The van der Waals surface area contributed by atoms with Crippen LogP contribution < -0.4 is 5.56 Å². The van der Waals surface area contributed by atoms with Crippen molar-refractivity contribution in [2.45, 2.75) is 0 Å². The van der Waals surface area contributed by atoms with Gasteiger partial charge in [-0.1, -0.05) is 30.3 Å². The summed E-state index contributed by atoms with van der Waals surface area (Å²) in [6, 6.07) is 19.9. The Morgan fingerprint density at radius 3 is 2.39 bits per heavy atom. The average molecular weight is 365 g/mol. The van der Waals surface area contributed by atoms with E-state index >= 15 is 0 Å². The summed E-state index contributed by atoms with van der Waals surface area (Å²) in [4.78, 5) is 29.3. The standard InChI is InChI=1S/C22H11N3O3/c26-22-15-7-3-6-13-17(25(27)28)11-10-14(20(13)15)21-23-16-8-1-4-12-5-2-9-18(19(12)16)24(21)22/h1-11H. The molecule has 0 bridgehead atoms. The number of non-ortho nitro benzene ring substituents is 1. The number of benzene rings is 4. The first kappa shape index (κ1) is 15.0. The Hall–Kier alpha value is -4.06. The van der Waals surface area contributed by atoms with Crippen LogP contribution >= 0.6 is 0 Å². The fraction of sp³-hybridized carbons (Fsp3) is 0. The Bertz CT molecular complexity index is 1660. The van der Waals surface area contributed by atoms with Gasteiger partial charge < -0.3 is 0 Å². The van der Waals surface area contributed by atoms with Gasteiger partial charge in [-0.25, -0.2) is 4.98 Å². The van der Waals surface area contributed by atoms with Crippen LogP contribution in [0.25, 0.3) is 49.0 Å². The van der Waals surface area contributed by atoms with Crippen molar-refractivity contribution in [3.05, 3.63) is 87.2 Å². The predicted molar refractivity (Wildman–Crippen MR) is 109 cm³/mol. The Labute approximate surface area is 156 Å². The average Bonchev–Trinajstić information content (AvgIpc) is 2.71. The van der Waals surface area contributed by atoms with E-state index in [-0.39, 0.29) is 11.2 Å². The quantitative estimate of drug-likeness (QED) is 0.184. The molecule has 0 saturated heterocycles. The summed E-state index contributed by atoms with van der Waals surface area (Å²) in [5.41, 5.74) is 1.84. The Kier molecular flexibility index (Phi) is 2.69. The lowest BCUT2D eigenvalue weighted by Gasteiger charge is -2.14. The summed E-state index contributed by atoms with van der Waals surface area (Å²) in [6.45, 7) is 0. The highest BCUT2D eigenvalue weighted by Crippen LogP contribution is 2.35. The molecule has 6 nitrogen and oxygen atoms in total. The molecular formula is C22H11N3O3. The van der Waals surface area contributed by atoms with Gasteiger partial charge in [0.25, 0.3) is 11.2 Å². The van der Waals surface area contributed by atoms with Gasteiger partial charge in [-0.3, -0.25) is 19.3 Å². The molecule has 2 aromatic heterocycles. The maximum atomic E-state index is 13.4. The van der Waals surface area contributed by atoms with Crippen LogP contribution in [-0.2, 0) is 0 Å². The van der Waals surface area contributed by atoms with Crippen molar-refractivity contribution in [1.82, 2.24) is 9.38 Å². The van der Waals surface area contributed by atoms with Crippen molar-refractivity contribution in [3.8, 4) is 0 Å².